The molecule has 1 aromatic rings. The first-order valence-corrected chi connectivity index (χ1v) is 7.79. The molecular formula is C15H18Br2N+. The van der Waals surface area contributed by atoms with Gasteiger partial charge in [-0.1, -0.05) is 44.0 Å². The highest BCUT2D eigenvalue weighted by molar-refractivity contribution is 9.11. The zero-order valence-corrected chi connectivity index (χ0v) is 13.5. The monoisotopic (exact) mass is 370 g/mol. The van der Waals surface area contributed by atoms with Gasteiger partial charge in [-0.2, -0.15) is 0 Å². The van der Waals surface area contributed by atoms with Crippen molar-refractivity contribution >= 4 is 31.9 Å². The molecule has 18 heavy (non-hydrogen) atoms. The van der Waals surface area contributed by atoms with Gasteiger partial charge in [0.05, 0.1) is 6.04 Å². The number of halogens is 2. The number of nitrogens with two attached hydrogens (primary N) is 1. The molecule has 3 heteroatoms. The second kappa shape index (κ2) is 6.18. The van der Waals surface area contributed by atoms with Crippen molar-refractivity contribution in [3.8, 4) is 0 Å². The summed E-state index contributed by atoms with van der Waals surface area (Å²) in [4.78, 5) is 0. The van der Waals surface area contributed by atoms with E-state index < -0.39 is 0 Å². The number of rotatable bonds is 4. The lowest BCUT2D eigenvalue weighted by Gasteiger charge is -2.30. The van der Waals surface area contributed by atoms with Crippen molar-refractivity contribution in [3.05, 3.63) is 57.5 Å². The van der Waals surface area contributed by atoms with Crippen LogP contribution < -0.4 is 5.32 Å². The topological polar surface area (TPSA) is 16.6 Å². The summed E-state index contributed by atoms with van der Waals surface area (Å²) in [6.45, 7) is 7.74. The largest absolute Gasteiger partial charge is 0.337 e. The Labute approximate surface area is 126 Å². The van der Waals surface area contributed by atoms with Crippen molar-refractivity contribution in [3.63, 3.8) is 0 Å². The number of fused-ring (bicyclic) bond motifs is 1. The molecule has 0 bridgehead atoms. The summed E-state index contributed by atoms with van der Waals surface area (Å²) < 4.78 is 2.43. The molecule has 0 aliphatic carbocycles. The third kappa shape index (κ3) is 2.79. The second-order valence-corrected chi connectivity index (χ2v) is 6.44. The normalized spacial score (nSPS) is 22.3. The summed E-state index contributed by atoms with van der Waals surface area (Å²) in [5, 5.41) is 2.46. The Hall–Kier alpha value is -0.380. The van der Waals surface area contributed by atoms with E-state index in [0.29, 0.717) is 12.1 Å². The molecular weight excluding hydrogens is 354 g/mol. The highest BCUT2D eigenvalue weighted by Crippen LogP contribution is 2.35. The molecule has 0 amide bonds. The molecule has 1 aliphatic rings. The van der Waals surface area contributed by atoms with Crippen LogP contribution in [0.15, 0.2) is 46.4 Å². The van der Waals surface area contributed by atoms with Crippen LogP contribution in [0.3, 0.4) is 0 Å². The molecule has 1 aromatic carbocycles. The van der Waals surface area contributed by atoms with Crippen molar-refractivity contribution in [2.75, 3.05) is 0 Å². The molecule has 2 atom stereocenters. The average molecular weight is 372 g/mol. The molecule has 0 radical (unpaired) electrons. The quantitative estimate of drug-likeness (QED) is 0.773. The molecule has 0 fully saturated rings. The maximum atomic E-state index is 3.88. The Morgan fingerprint density at radius 3 is 2.50 bits per heavy atom. The Balaban J connectivity index is 2.43. The summed E-state index contributed by atoms with van der Waals surface area (Å²) in [5.74, 6) is 0. The van der Waals surface area contributed by atoms with E-state index in [1.54, 1.807) is 0 Å². The van der Waals surface area contributed by atoms with E-state index in [2.05, 4.69) is 62.5 Å². The summed E-state index contributed by atoms with van der Waals surface area (Å²) in [6.07, 6.45) is 7.16. The molecule has 0 spiro atoms. The summed E-state index contributed by atoms with van der Waals surface area (Å²) >= 11 is 7.38. The zero-order valence-electron chi connectivity index (χ0n) is 10.3. The van der Waals surface area contributed by atoms with Crippen LogP contribution >= 0.6 is 31.9 Å². The SMILES string of the molecule is C=CC[C@@H]1Cc2c(Br)ccc(Br)c2[C@@H](CC=C)[NH2+]1. The predicted octanol–water partition coefficient (Wildman–Crippen LogP) is 3.89. The van der Waals surface area contributed by atoms with Crippen LogP contribution in [0.25, 0.3) is 0 Å². The van der Waals surface area contributed by atoms with Crippen LogP contribution in [0, 0.1) is 0 Å². The van der Waals surface area contributed by atoms with Gasteiger partial charge in [0.1, 0.15) is 6.04 Å². The Morgan fingerprint density at radius 1 is 1.17 bits per heavy atom. The van der Waals surface area contributed by atoms with E-state index >= 15 is 0 Å². The zero-order chi connectivity index (χ0) is 13.1. The first kappa shape index (κ1) is 14.0. The summed E-state index contributed by atoms with van der Waals surface area (Å²) in [7, 11) is 0. The van der Waals surface area contributed by atoms with Crippen molar-refractivity contribution in [1.29, 1.82) is 0 Å². The smallest absolute Gasteiger partial charge is 0.117 e. The third-order valence-electron chi connectivity index (χ3n) is 3.48. The van der Waals surface area contributed by atoms with Crippen molar-refractivity contribution in [1.82, 2.24) is 0 Å². The van der Waals surface area contributed by atoms with Gasteiger partial charge in [-0.05, 0) is 17.7 Å². The van der Waals surface area contributed by atoms with E-state index in [4.69, 9.17) is 0 Å². The van der Waals surface area contributed by atoms with E-state index in [0.717, 1.165) is 19.3 Å². The third-order valence-corrected chi connectivity index (χ3v) is 4.91. The predicted molar refractivity (Wildman–Crippen MR) is 83.6 cm³/mol. The lowest BCUT2D eigenvalue weighted by Crippen LogP contribution is -2.92. The Morgan fingerprint density at radius 2 is 1.83 bits per heavy atom. The molecule has 2 N–H and O–H groups in total. The summed E-state index contributed by atoms with van der Waals surface area (Å²) in [5.41, 5.74) is 2.86. The fourth-order valence-electron chi connectivity index (χ4n) is 2.72. The van der Waals surface area contributed by atoms with Gasteiger partial charge < -0.3 is 5.32 Å². The van der Waals surface area contributed by atoms with Gasteiger partial charge in [-0.25, -0.2) is 0 Å². The van der Waals surface area contributed by atoms with Crippen LogP contribution in [0.2, 0.25) is 0 Å². The second-order valence-electron chi connectivity index (χ2n) is 4.73. The molecule has 2 rings (SSSR count). The molecule has 1 heterocycles. The minimum atomic E-state index is 0.461. The van der Waals surface area contributed by atoms with Gasteiger partial charge in [0, 0.05) is 33.8 Å². The lowest BCUT2D eigenvalue weighted by atomic mass is 9.87. The van der Waals surface area contributed by atoms with Gasteiger partial charge in [0.25, 0.3) is 0 Å². The minimum absolute atomic E-state index is 0.461. The van der Waals surface area contributed by atoms with E-state index in [1.807, 2.05) is 12.2 Å². The maximum Gasteiger partial charge on any atom is 0.117 e. The van der Waals surface area contributed by atoms with Gasteiger partial charge in [0.2, 0.25) is 0 Å². The Bertz CT molecular complexity index is 468. The van der Waals surface area contributed by atoms with Crippen LogP contribution in [0.4, 0.5) is 0 Å². The lowest BCUT2D eigenvalue weighted by molar-refractivity contribution is -0.730. The molecule has 0 unspecified atom stereocenters. The van der Waals surface area contributed by atoms with Crippen LogP contribution in [-0.2, 0) is 6.42 Å². The fraction of sp³-hybridized carbons (Fsp3) is 0.333. The molecule has 1 nitrogen and oxygen atoms in total. The minimum Gasteiger partial charge on any atom is -0.337 e. The van der Waals surface area contributed by atoms with Crippen molar-refractivity contribution in [2.24, 2.45) is 0 Å². The Kier molecular flexibility index (Phi) is 4.82. The van der Waals surface area contributed by atoms with E-state index in [9.17, 15) is 0 Å². The van der Waals surface area contributed by atoms with E-state index in [1.165, 1.54) is 20.1 Å². The van der Waals surface area contributed by atoms with Gasteiger partial charge in [0.15, 0.2) is 0 Å². The highest BCUT2D eigenvalue weighted by Gasteiger charge is 2.31. The van der Waals surface area contributed by atoms with Gasteiger partial charge in [-0.15, -0.1) is 13.2 Å². The number of quaternary nitrogens is 1. The first-order valence-electron chi connectivity index (χ1n) is 6.21. The van der Waals surface area contributed by atoms with E-state index in [-0.39, 0.29) is 0 Å². The number of hydrogen-bond donors (Lipinski definition) is 1. The molecule has 1 aliphatic heterocycles. The van der Waals surface area contributed by atoms with Crippen LogP contribution in [0.5, 0.6) is 0 Å². The maximum absolute atomic E-state index is 3.88. The highest BCUT2D eigenvalue weighted by atomic mass is 79.9. The molecule has 0 saturated heterocycles. The fourth-order valence-corrected chi connectivity index (χ4v) is 3.90. The molecule has 96 valence electrons. The summed E-state index contributed by atoms with van der Waals surface area (Å²) in [6, 6.07) is 5.30. The first-order chi connectivity index (χ1) is 8.67. The number of hydrogen-bond acceptors (Lipinski definition) is 0. The number of benzene rings is 1. The standard InChI is InChI=1S/C15H17Br2N/c1-3-5-10-9-11-12(16)7-8-13(17)15(11)14(18-10)6-4-2/h3-4,7-8,10,14,18H,1-2,5-6,9H2/p+1/t10-,14-/m1/s1. The van der Waals surface area contributed by atoms with Crippen molar-refractivity contribution in [2.45, 2.75) is 31.3 Å². The van der Waals surface area contributed by atoms with Gasteiger partial charge >= 0.3 is 0 Å². The average Bonchev–Trinajstić information content (AvgIpc) is 2.34. The van der Waals surface area contributed by atoms with Crippen LogP contribution in [-0.4, -0.2) is 6.04 Å². The molecule has 0 aromatic heterocycles. The van der Waals surface area contributed by atoms with Crippen LogP contribution in [0.1, 0.15) is 30.0 Å². The molecule has 0 saturated carbocycles. The van der Waals surface area contributed by atoms with Crippen molar-refractivity contribution < 1.29 is 5.32 Å². The van der Waals surface area contributed by atoms with Gasteiger partial charge in [-0.3, -0.25) is 0 Å².